The van der Waals surface area contributed by atoms with E-state index < -0.39 is 0 Å². The van der Waals surface area contributed by atoms with Crippen molar-refractivity contribution in [2.24, 2.45) is 10.9 Å². The first-order valence-corrected chi connectivity index (χ1v) is 10.2. The van der Waals surface area contributed by atoms with E-state index in [4.69, 9.17) is 4.74 Å². The SMILES string of the molecule is CN=C(NCC1CCN(CCOC)CC1)NC1CCC(SC)C1.I. The Bertz CT molecular complexity index is 364. The van der Waals surface area contributed by atoms with Gasteiger partial charge in [0.25, 0.3) is 0 Å². The van der Waals surface area contributed by atoms with E-state index >= 15 is 0 Å². The van der Waals surface area contributed by atoms with Gasteiger partial charge in [-0.3, -0.25) is 4.99 Å². The molecule has 2 N–H and O–H groups in total. The van der Waals surface area contributed by atoms with Crippen LogP contribution in [0, 0.1) is 5.92 Å². The number of guanidine groups is 1. The lowest BCUT2D eigenvalue weighted by atomic mass is 9.97. The normalized spacial score (nSPS) is 26.2. The van der Waals surface area contributed by atoms with Gasteiger partial charge in [0, 0.05) is 38.5 Å². The molecule has 0 amide bonds. The van der Waals surface area contributed by atoms with E-state index in [1.165, 1.54) is 45.2 Å². The Hall–Kier alpha value is 0.270. The number of likely N-dealkylation sites (tertiary alicyclic amines) is 1. The van der Waals surface area contributed by atoms with E-state index in [0.717, 1.165) is 36.8 Å². The zero-order valence-corrected chi connectivity index (χ0v) is 18.6. The maximum Gasteiger partial charge on any atom is 0.191 e. The summed E-state index contributed by atoms with van der Waals surface area (Å²) < 4.78 is 5.16. The molecule has 0 aromatic rings. The quantitative estimate of drug-likeness (QED) is 0.340. The van der Waals surface area contributed by atoms with E-state index in [0.29, 0.717) is 6.04 Å². The van der Waals surface area contributed by atoms with Crippen LogP contribution in [0.4, 0.5) is 0 Å². The van der Waals surface area contributed by atoms with E-state index in [1.54, 1.807) is 7.11 Å². The van der Waals surface area contributed by atoms with E-state index in [2.05, 4.69) is 26.8 Å². The molecule has 2 unspecified atom stereocenters. The predicted octanol–water partition coefficient (Wildman–Crippen LogP) is 2.41. The summed E-state index contributed by atoms with van der Waals surface area (Å²) in [6.07, 6.45) is 8.62. The van der Waals surface area contributed by atoms with Crippen LogP contribution in [-0.2, 0) is 4.74 Å². The highest BCUT2D eigenvalue weighted by molar-refractivity contribution is 14.0. The Morgan fingerprint density at radius 2 is 2.00 bits per heavy atom. The number of hydrogen-bond acceptors (Lipinski definition) is 4. The lowest BCUT2D eigenvalue weighted by Crippen LogP contribution is -2.46. The highest BCUT2D eigenvalue weighted by atomic mass is 127. The summed E-state index contributed by atoms with van der Waals surface area (Å²) in [6, 6.07) is 0.592. The molecule has 1 saturated carbocycles. The zero-order chi connectivity index (χ0) is 16.5. The van der Waals surface area contributed by atoms with Crippen molar-refractivity contribution in [1.29, 1.82) is 0 Å². The molecule has 24 heavy (non-hydrogen) atoms. The van der Waals surface area contributed by atoms with Gasteiger partial charge >= 0.3 is 0 Å². The Morgan fingerprint density at radius 3 is 2.58 bits per heavy atom. The summed E-state index contributed by atoms with van der Waals surface area (Å²) in [6.45, 7) is 5.34. The van der Waals surface area contributed by atoms with Crippen molar-refractivity contribution < 1.29 is 4.74 Å². The van der Waals surface area contributed by atoms with Gasteiger partial charge in [0.15, 0.2) is 5.96 Å². The largest absolute Gasteiger partial charge is 0.383 e. The second-order valence-electron chi connectivity index (χ2n) is 6.74. The second kappa shape index (κ2) is 12.6. The minimum Gasteiger partial charge on any atom is -0.383 e. The molecule has 1 aliphatic heterocycles. The van der Waals surface area contributed by atoms with Gasteiger partial charge in [0.2, 0.25) is 0 Å². The molecule has 0 radical (unpaired) electrons. The van der Waals surface area contributed by atoms with Crippen LogP contribution in [0.25, 0.3) is 0 Å². The highest BCUT2D eigenvalue weighted by Crippen LogP contribution is 2.28. The first-order valence-electron chi connectivity index (χ1n) is 8.96. The van der Waals surface area contributed by atoms with Crippen molar-refractivity contribution in [2.45, 2.75) is 43.4 Å². The smallest absolute Gasteiger partial charge is 0.191 e. The Kier molecular flexibility index (Phi) is 11.7. The molecular weight excluding hydrogens is 435 g/mol. The number of halogens is 1. The van der Waals surface area contributed by atoms with Crippen molar-refractivity contribution in [1.82, 2.24) is 15.5 Å². The molecule has 1 saturated heterocycles. The van der Waals surface area contributed by atoms with Crippen LogP contribution in [-0.4, -0.2) is 75.4 Å². The number of nitrogens with zero attached hydrogens (tertiary/aromatic N) is 2. The molecule has 7 heteroatoms. The molecule has 2 aliphatic rings. The molecule has 5 nitrogen and oxygen atoms in total. The second-order valence-corrected chi connectivity index (χ2v) is 7.88. The lowest BCUT2D eigenvalue weighted by Gasteiger charge is -2.32. The summed E-state index contributed by atoms with van der Waals surface area (Å²) in [4.78, 5) is 6.91. The molecule has 0 aromatic heterocycles. The van der Waals surface area contributed by atoms with Crippen LogP contribution in [0.15, 0.2) is 4.99 Å². The summed E-state index contributed by atoms with van der Waals surface area (Å²) in [5.74, 6) is 1.74. The molecule has 0 aromatic carbocycles. The van der Waals surface area contributed by atoms with Gasteiger partial charge in [-0.2, -0.15) is 11.8 Å². The number of thioether (sulfide) groups is 1. The molecule has 142 valence electrons. The van der Waals surface area contributed by atoms with Crippen molar-refractivity contribution >= 4 is 41.7 Å². The van der Waals surface area contributed by atoms with Crippen molar-refractivity contribution in [3.05, 3.63) is 0 Å². The molecule has 2 rings (SSSR count). The van der Waals surface area contributed by atoms with Crippen molar-refractivity contribution in [2.75, 3.05) is 53.2 Å². The molecule has 1 heterocycles. The summed E-state index contributed by atoms with van der Waals surface area (Å²) in [7, 11) is 3.66. The number of rotatable bonds is 7. The zero-order valence-electron chi connectivity index (χ0n) is 15.4. The van der Waals surface area contributed by atoms with Crippen molar-refractivity contribution in [3.8, 4) is 0 Å². The third-order valence-electron chi connectivity index (χ3n) is 5.16. The average Bonchev–Trinajstić information content (AvgIpc) is 3.05. The van der Waals surface area contributed by atoms with Crippen LogP contribution in [0.3, 0.4) is 0 Å². The third-order valence-corrected chi connectivity index (χ3v) is 6.25. The van der Waals surface area contributed by atoms with E-state index in [1.807, 2.05) is 18.8 Å². The fourth-order valence-electron chi connectivity index (χ4n) is 3.55. The molecule has 2 atom stereocenters. The number of methoxy groups -OCH3 is 1. The van der Waals surface area contributed by atoms with Gasteiger partial charge in [-0.05, 0) is 57.4 Å². The van der Waals surface area contributed by atoms with Gasteiger partial charge in [0.05, 0.1) is 6.61 Å². The fraction of sp³-hybridized carbons (Fsp3) is 0.941. The molecule has 0 spiro atoms. The van der Waals surface area contributed by atoms with Crippen molar-refractivity contribution in [3.63, 3.8) is 0 Å². The Morgan fingerprint density at radius 1 is 1.25 bits per heavy atom. The summed E-state index contributed by atoms with van der Waals surface area (Å²) in [5.41, 5.74) is 0. The minimum absolute atomic E-state index is 0. The Balaban J connectivity index is 0.00000288. The van der Waals surface area contributed by atoms with Crippen LogP contribution in [0.2, 0.25) is 0 Å². The highest BCUT2D eigenvalue weighted by Gasteiger charge is 2.25. The van der Waals surface area contributed by atoms with E-state index in [9.17, 15) is 0 Å². The summed E-state index contributed by atoms with van der Waals surface area (Å²) >= 11 is 2.00. The number of ether oxygens (including phenoxy) is 1. The van der Waals surface area contributed by atoms with Crippen LogP contribution in [0.5, 0.6) is 0 Å². The fourth-order valence-corrected chi connectivity index (χ4v) is 4.35. The molecule has 0 bridgehead atoms. The maximum atomic E-state index is 5.16. The van der Waals surface area contributed by atoms with Gasteiger partial charge in [-0.1, -0.05) is 0 Å². The molecule has 1 aliphatic carbocycles. The predicted molar refractivity (Wildman–Crippen MR) is 116 cm³/mol. The van der Waals surface area contributed by atoms with Crippen LogP contribution in [0.1, 0.15) is 32.1 Å². The van der Waals surface area contributed by atoms with Gasteiger partial charge < -0.3 is 20.3 Å². The number of piperidine rings is 1. The number of aliphatic imine (C=N–C) groups is 1. The third kappa shape index (κ3) is 7.66. The first kappa shape index (κ1) is 22.3. The topological polar surface area (TPSA) is 48.9 Å². The molecular formula is C17H35IN4OS. The number of nitrogens with one attached hydrogen (secondary N) is 2. The van der Waals surface area contributed by atoms with Gasteiger partial charge in [-0.15, -0.1) is 24.0 Å². The minimum atomic E-state index is 0. The summed E-state index contributed by atoms with van der Waals surface area (Å²) in [5, 5.41) is 7.97. The van der Waals surface area contributed by atoms with Crippen LogP contribution < -0.4 is 10.6 Å². The van der Waals surface area contributed by atoms with E-state index in [-0.39, 0.29) is 24.0 Å². The molecule has 2 fully saturated rings. The maximum absolute atomic E-state index is 5.16. The lowest BCUT2D eigenvalue weighted by molar-refractivity contribution is 0.121. The number of hydrogen-bond donors (Lipinski definition) is 2. The van der Waals surface area contributed by atoms with Gasteiger partial charge in [-0.25, -0.2) is 0 Å². The van der Waals surface area contributed by atoms with Crippen LogP contribution >= 0.6 is 35.7 Å². The monoisotopic (exact) mass is 470 g/mol. The standard InChI is InChI=1S/C17H34N4OS.HI/c1-18-17(20-15-4-5-16(12-15)23-3)19-13-14-6-8-21(9-7-14)10-11-22-2;/h14-16H,4-13H2,1-3H3,(H2,18,19,20);1H. The first-order chi connectivity index (χ1) is 11.2. The average molecular weight is 470 g/mol. The Labute approximate surface area is 169 Å². The van der Waals surface area contributed by atoms with Gasteiger partial charge in [0.1, 0.15) is 0 Å².